The Hall–Kier alpha value is -1.12. The zero-order chi connectivity index (χ0) is 17.9. The van der Waals surface area contributed by atoms with Crippen LogP contribution in [-0.2, 0) is 14.3 Å². The van der Waals surface area contributed by atoms with Gasteiger partial charge in [0.15, 0.2) is 5.78 Å². The number of carbonyl (C=O) groups is 2. The Morgan fingerprint density at radius 3 is 2.58 bits per heavy atom. The SMILES string of the molecule is CC12CCC(=O)C=C1C1CC1C1C2CCC2(C)C1CC[C@]21CCC(=O)O1. The van der Waals surface area contributed by atoms with Gasteiger partial charge >= 0.3 is 5.97 Å². The van der Waals surface area contributed by atoms with Gasteiger partial charge in [0.1, 0.15) is 5.60 Å². The lowest BCUT2D eigenvalue weighted by atomic mass is 9.46. The zero-order valence-corrected chi connectivity index (χ0v) is 16.1. The average molecular weight is 354 g/mol. The van der Waals surface area contributed by atoms with Crippen LogP contribution in [0.4, 0.5) is 0 Å². The maximum Gasteiger partial charge on any atom is 0.306 e. The second-order valence-corrected chi connectivity index (χ2v) is 10.7. The molecule has 3 heteroatoms. The fourth-order valence-corrected chi connectivity index (χ4v) is 8.70. The first kappa shape index (κ1) is 15.9. The number of esters is 1. The van der Waals surface area contributed by atoms with Gasteiger partial charge in [-0.2, -0.15) is 0 Å². The highest BCUT2D eigenvalue weighted by molar-refractivity contribution is 5.92. The normalized spacial score (nSPS) is 57.0. The molecule has 0 aromatic heterocycles. The van der Waals surface area contributed by atoms with Crippen LogP contribution in [0.2, 0.25) is 0 Å². The minimum absolute atomic E-state index is 0.0323. The van der Waals surface area contributed by atoms with Crippen molar-refractivity contribution in [2.45, 2.75) is 77.2 Å². The van der Waals surface area contributed by atoms with Crippen LogP contribution in [0.3, 0.4) is 0 Å². The molecule has 4 saturated carbocycles. The molecule has 1 aliphatic heterocycles. The molecule has 0 amide bonds. The average Bonchev–Trinajstić information content (AvgIpc) is 3.23. The quantitative estimate of drug-likeness (QED) is 0.604. The van der Waals surface area contributed by atoms with Crippen molar-refractivity contribution in [2.24, 2.45) is 40.4 Å². The molecule has 0 N–H and O–H groups in total. The van der Waals surface area contributed by atoms with Crippen molar-refractivity contribution in [3.63, 3.8) is 0 Å². The van der Waals surface area contributed by atoms with Crippen molar-refractivity contribution in [1.82, 2.24) is 0 Å². The van der Waals surface area contributed by atoms with Crippen LogP contribution in [0.1, 0.15) is 71.6 Å². The molecule has 1 heterocycles. The first-order valence-electron chi connectivity index (χ1n) is 10.8. The molecule has 0 aromatic carbocycles. The molecule has 0 radical (unpaired) electrons. The molecule has 0 aromatic rings. The molecule has 0 bridgehead atoms. The molecule has 1 saturated heterocycles. The van der Waals surface area contributed by atoms with E-state index in [0.717, 1.165) is 43.4 Å². The van der Waals surface area contributed by atoms with Crippen molar-refractivity contribution in [2.75, 3.05) is 0 Å². The Balaban J connectivity index is 1.40. The maximum absolute atomic E-state index is 12.1. The number of rotatable bonds is 0. The number of hydrogen-bond acceptors (Lipinski definition) is 3. The molecule has 1 spiro atoms. The third-order valence-electron chi connectivity index (χ3n) is 10.1. The predicted octanol–water partition coefficient (Wildman–Crippen LogP) is 4.45. The second kappa shape index (κ2) is 4.64. The summed E-state index contributed by atoms with van der Waals surface area (Å²) in [5.41, 5.74) is 1.78. The van der Waals surface area contributed by atoms with E-state index in [0.29, 0.717) is 24.0 Å². The molecule has 8 atom stereocenters. The largest absolute Gasteiger partial charge is 0.458 e. The third kappa shape index (κ3) is 1.67. The predicted molar refractivity (Wildman–Crippen MR) is 97.1 cm³/mol. The Bertz CT molecular complexity index is 753. The van der Waals surface area contributed by atoms with Crippen LogP contribution < -0.4 is 0 Å². The summed E-state index contributed by atoms with van der Waals surface area (Å²) in [7, 11) is 0. The Labute approximate surface area is 155 Å². The van der Waals surface area contributed by atoms with Gasteiger partial charge in [-0.25, -0.2) is 0 Å². The number of hydrogen-bond donors (Lipinski definition) is 0. The number of ketones is 1. The van der Waals surface area contributed by atoms with E-state index in [1.54, 1.807) is 0 Å². The van der Waals surface area contributed by atoms with E-state index in [4.69, 9.17) is 4.74 Å². The minimum atomic E-state index is -0.163. The van der Waals surface area contributed by atoms with E-state index in [9.17, 15) is 9.59 Å². The van der Waals surface area contributed by atoms with Gasteiger partial charge in [0.2, 0.25) is 0 Å². The molecular formula is C23H30O3. The first-order valence-corrected chi connectivity index (χ1v) is 10.8. The summed E-state index contributed by atoms with van der Waals surface area (Å²) < 4.78 is 6.06. The molecule has 7 unspecified atom stereocenters. The number of fused-ring (bicyclic) bond motifs is 9. The standard InChI is InChI=1S/C23H30O3/c1-21-7-3-13(24)11-18(21)14-12-15(14)20-16(21)4-8-22(2)17(20)5-9-23(22)10-6-19(25)26-23/h11,14-17,20H,3-10,12H2,1-2H3/t14?,15?,16?,17?,20?,21?,22?,23-/m0/s1. The fourth-order valence-electron chi connectivity index (χ4n) is 8.70. The second-order valence-electron chi connectivity index (χ2n) is 10.7. The van der Waals surface area contributed by atoms with Gasteiger partial charge in [-0.15, -0.1) is 0 Å². The highest BCUT2D eigenvalue weighted by Crippen LogP contribution is 2.75. The molecule has 5 fully saturated rings. The van der Waals surface area contributed by atoms with Crippen LogP contribution >= 0.6 is 0 Å². The minimum Gasteiger partial charge on any atom is -0.458 e. The lowest BCUT2D eigenvalue weighted by Crippen LogP contribution is -2.55. The fraction of sp³-hybridized carbons (Fsp3) is 0.826. The zero-order valence-electron chi connectivity index (χ0n) is 16.1. The van der Waals surface area contributed by atoms with Crippen LogP contribution in [0, 0.1) is 40.4 Å². The summed E-state index contributed by atoms with van der Waals surface area (Å²) in [5.74, 6) is 4.09. The van der Waals surface area contributed by atoms with Crippen LogP contribution in [0.5, 0.6) is 0 Å². The van der Waals surface area contributed by atoms with E-state index in [-0.39, 0.29) is 22.4 Å². The molecule has 6 aliphatic rings. The highest BCUT2D eigenvalue weighted by Gasteiger charge is 2.71. The monoisotopic (exact) mass is 354 g/mol. The Kier molecular flexibility index (Phi) is 2.84. The summed E-state index contributed by atoms with van der Waals surface area (Å²) in [5, 5.41) is 0. The van der Waals surface area contributed by atoms with E-state index < -0.39 is 0 Å². The van der Waals surface area contributed by atoms with E-state index in [1.807, 2.05) is 6.08 Å². The van der Waals surface area contributed by atoms with Gasteiger partial charge in [0, 0.05) is 18.3 Å². The van der Waals surface area contributed by atoms with E-state index >= 15 is 0 Å². The summed E-state index contributed by atoms with van der Waals surface area (Å²) in [6.45, 7) is 4.93. The number of allylic oxidation sites excluding steroid dienone is 1. The van der Waals surface area contributed by atoms with Crippen molar-refractivity contribution in [1.29, 1.82) is 0 Å². The first-order chi connectivity index (χ1) is 12.4. The molecule has 5 aliphatic carbocycles. The molecule has 3 nitrogen and oxygen atoms in total. The van der Waals surface area contributed by atoms with Gasteiger partial charge < -0.3 is 4.74 Å². The number of ether oxygens (including phenoxy) is 1. The van der Waals surface area contributed by atoms with Crippen molar-refractivity contribution in [3.8, 4) is 0 Å². The molecule has 26 heavy (non-hydrogen) atoms. The molecule has 6 rings (SSSR count). The molecule has 140 valence electrons. The third-order valence-corrected chi connectivity index (χ3v) is 10.1. The van der Waals surface area contributed by atoms with Gasteiger partial charge in [0.25, 0.3) is 0 Å². The van der Waals surface area contributed by atoms with Gasteiger partial charge in [-0.3, -0.25) is 9.59 Å². The highest BCUT2D eigenvalue weighted by atomic mass is 16.6. The van der Waals surface area contributed by atoms with Crippen LogP contribution in [0.25, 0.3) is 0 Å². The van der Waals surface area contributed by atoms with Gasteiger partial charge in [0.05, 0.1) is 0 Å². The van der Waals surface area contributed by atoms with Crippen molar-refractivity contribution >= 4 is 11.8 Å². The lowest BCUT2D eigenvalue weighted by Gasteiger charge is -2.59. The van der Waals surface area contributed by atoms with Crippen LogP contribution in [-0.4, -0.2) is 17.4 Å². The topological polar surface area (TPSA) is 43.4 Å². The summed E-state index contributed by atoms with van der Waals surface area (Å²) in [6.07, 6.45) is 11.5. The number of carbonyl (C=O) groups excluding carboxylic acids is 2. The van der Waals surface area contributed by atoms with Gasteiger partial charge in [-0.05, 0) is 86.0 Å². The van der Waals surface area contributed by atoms with Crippen LogP contribution in [0.15, 0.2) is 11.6 Å². The summed E-state index contributed by atoms with van der Waals surface area (Å²) >= 11 is 0. The maximum atomic E-state index is 12.1. The molecular weight excluding hydrogens is 324 g/mol. The smallest absolute Gasteiger partial charge is 0.306 e. The van der Waals surface area contributed by atoms with Crippen molar-refractivity contribution < 1.29 is 14.3 Å². The van der Waals surface area contributed by atoms with Crippen molar-refractivity contribution in [3.05, 3.63) is 11.6 Å². The van der Waals surface area contributed by atoms with E-state index in [1.165, 1.54) is 31.3 Å². The Morgan fingerprint density at radius 1 is 1.00 bits per heavy atom. The van der Waals surface area contributed by atoms with E-state index in [2.05, 4.69) is 13.8 Å². The summed E-state index contributed by atoms with van der Waals surface area (Å²) in [4.78, 5) is 24.1. The Morgan fingerprint density at radius 2 is 1.81 bits per heavy atom. The summed E-state index contributed by atoms with van der Waals surface area (Å²) in [6, 6.07) is 0. The van der Waals surface area contributed by atoms with Gasteiger partial charge in [-0.1, -0.05) is 19.4 Å². The lowest BCUT2D eigenvalue weighted by molar-refractivity contribution is -0.168.